The maximum absolute atomic E-state index is 13.6. The van der Waals surface area contributed by atoms with Crippen LogP contribution in [0.4, 0.5) is 11.4 Å². The van der Waals surface area contributed by atoms with Gasteiger partial charge in [-0.25, -0.2) is 0 Å². The van der Waals surface area contributed by atoms with Crippen LogP contribution < -0.4 is 15.4 Å². The maximum atomic E-state index is 13.6. The smallest absolute Gasteiger partial charge is 0.271 e. The summed E-state index contributed by atoms with van der Waals surface area (Å²) in [6.45, 7) is 4.22. The van der Waals surface area contributed by atoms with Gasteiger partial charge in [0.15, 0.2) is 5.78 Å². The summed E-state index contributed by atoms with van der Waals surface area (Å²) in [6.07, 6.45) is 1.41. The summed E-state index contributed by atoms with van der Waals surface area (Å²) in [6, 6.07) is 17.9. The lowest BCUT2D eigenvalue weighted by atomic mass is 9.74. The molecule has 10 heteroatoms. The molecule has 0 saturated heterocycles. The molecule has 5 rings (SSSR count). The molecule has 0 fully saturated rings. The van der Waals surface area contributed by atoms with Gasteiger partial charge in [0, 0.05) is 29.8 Å². The van der Waals surface area contributed by atoms with Gasteiger partial charge in [-0.1, -0.05) is 35.9 Å². The van der Waals surface area contributed by atoms with Gasteiger partial charge >= 0.3 is 0 Å². The summed E-state index contributed by atoms with van der Waals surface area (Å²) >= 11 is 10.0. The Morgan fingerprint density at radius 2 is 1.93 bits per heavy atom. The van der Waals surface area contributed by atoms with E-state index in [0.717, 1.165) is 26.7 Å². The second-order valence-corrected chi connectivity index (χ2v) is 11.3. The summed E-state index contributed by atoms with van der Waals surface area (Å²) < 4.78 is 6.94. The zero-order valence-corrected chi connectivity index (χ0v) is 24.8. The summed E-state index contributed by atoms with van der Waals surface area (Å²) in [5.41, 5.74) is 11.6. The minimum Gasteiger partial charge on any atom is -0.488 e. The SMILES string of the molecule is Cc1cc(C)c(C2C(C#N)=C(N)N(c3cc([N+](=O)[O-])ccc3Cl)C3=C2C(=O)CCC3)cc1COc1ccccc1Br. The normalized spacial score (nSPS) is 16.9. The van der Waals surface area contributed by atoms with E-state index in [0.29, 0.717) is 36.3 Å². The van der Waals surface area contributed by atoms with Gasteiger partial charge < -0.3 is 10.5 Å². The van der Waals surface area contributed by atoms with Crippen LogP contribution in [-0.4, -0.2) is 10.7 Å². The van der Waals surface area contributed by atoms with E-state index in [4.69, 9.17) is 22.1 Å². The predicted molar refractivity (Wildman–Crippen MR) is 160 cm³/mol. The van der Waals surface area contributed by atoms with Crippen molar-refractivity contribution < 1.29 is 14.5 Å². The number of nitrogens with two attached hydrogens (primary N) is 1. The quantitative estimate of drug-likeness (QED) is 0.220. The van der Waals surface area contributed by atoms with Gasteiger partial charge in [-0.15, -0.1) is 0 Å². The summed E-state index contributed by atoms with van der Waals surface area (Å²) in [5.74, 6) is 0.0122. The largest absolute Gasteiger partial charge is 0.488 e. The van der Waals surface area contributed by atoms with Crippen molar-refractivity contribution in [2.24, 2.45) is 5.73 Å². The lowest BCUT2D eigenvalue weighted by Crippen LogP contribution is -2.39. The summed E-state index contributed by atoms with van der Waals surface area (Å²) in [4.78, 5) is 26.2. The van der Waals surface area contributed by atoms with Crippen LogP contribution in [0.2, 0.25) is 5.02 Å². The van der Waals surface area contributed by atoms with Crippen LogP contribution in [0.5, 0.6) is 5.75 Å². The van der Waals surface area contributed by atoms with Crippen LogP contribution in [0.25, 0.3) is 0 Å². The number of anilines is 1. The van der Waals surface area contributed by atoms with Crippen LogP contribution in [0, 0.1) is 35.3 Å². The zero-order valence-electron chi connectivity index (χ0n) is 22.4. The highest BCUT2D eigenvalue weighted by Crippen LogP contribution is 2.48. The fraction of sp³-hybridized carbons (Fsp3) is 0.226. The number of para-hydroxylation sites is 1. The highest BCUT2D eigenvalue weighted by Gasteiger charge is 2.41. The standard InChI is InChI=1S/C31H26BrClN4O4/c1-17-12-18(2)21(13-19(17)16-41-28-9-4-3-6-23(28)32)29-22(15-34)31(35)36(25-7-5-8-27(38)30(25)29)26-14-20(37(39)40)10-11-24(26)33/h3-4,6,9-14,29H,5,7-8,16,35H2,1-2H3. The number of Topliss-reactive ketones (excluding diaryl/α,β-unsaturated/α-hetero) is 1. The van der Waals surface area contributed by atoms with Crippen LogP contribution in [0.1, 0.15) is 47.4 Å². The number of rotatable bonds is 6. The number of nitriles is 1. The molecule has 8 nitrogen and oxygen atoms in total. The number of hydrogen-bond acceptors (Lipinski definition) is 7. The Balaban J connectivity index is 1.66. The van der Waals surface area contributed by atoms with E-state index in [9.17, 15) is 20.2 Å². The first-order valence-corrected chi connectivity index (χ1v) is 14.2. The second-order valence-electron chi connectivity index (χ2n) is 10.1. The van der Waals surface area contributed by atoms with Crippen molar-refractivity contribution in [1.29, 1.82) is 5.26 Å². The molecule has 0 saturated carbocycles. The van der Waals surface area contributed by atoms with Crippen molar-refractivity contribution in [3.8, 4) is 11.8 Å². The van der Waals surface area contributed by atoms with E-state index in [-0.39, 0.29) is 40.2 Å². The average molecular weight is 634 g/mol. The second kappa shape index (κ2) is 11.4. The number of benzene rings is 3. The van der Waals surface area contributed by atoms with Crippen molar-refractivity contribution in [3.63, 3.8) is 0 Å². The van der Waals surface area contributed by atoms with Crippen LogP contribution >= 0.6 is 27.5 Å². The number of ketones is 1. The van der Waals surface area contributed by atoms with Crippen LogP contribution in [-0.2, 0) is 11.4 Å². The number of carbonyl (C=O) groups excluding carboxylic acids is 1. The van der Waals surface area contributed by atoms with Gasteiger partial charge in [0.25, 0.3) is 5.69 Å². The number of halogens is 2. The predicted octanol–water partition coefficient (Wildman–Crippen LogP) is 7.51. The molecule has 208 valence electrons. The Morgan fingerprint density at radius 3 is 2.63 bits per heavy atom. The Labute approximate surface area is 250 Å². The van der Waals surface area contributed by atoms with E-state index < -0.39 is 10.8 Å². The molecule has 0 bridgehead atoms. The van der Waals surface area contributed by atoms with E-state index in [1.54, 1.807) is 4.90 Å². The third kappa shape index (κ3) is 5.21. The molecule has 0 aromatic heterocycles. The number of nitro groups is 1. The summed E-state index contributed by atoms with van der Waals surface area (Å²) in [5, 5.41) is 22.2. The molecule has 1 atom stereocenters. The number of ether oxygens (including phenoxy) is 1. The van der Waals surface area contributed by atoms with E-state index in [2.05, 4.69) is 22.0 Å². The van der Waals surface area contributed by atoms with Gasteiger partial charge in [-0.3, -0.25) is 19.8 Å². The van der Waals surface area contributed by atoms with Crippen molar-refractivity contribution in [2.45, 2.75) is 45.6 Å². The highest BCUT2D eigenvalue weighted by atomic mass is 79.9. The Kier molecular flexibility index (Phi) is 7.89. The minimum absolute atomic E-state index is 0.0888. The van der Waals surface area contributed by atoms with Gasteiger partial charge in [0.05, 0.1) is 37.7 Å². The van der Waals surface area contributed by atoms with E-state index in [1.165, 1.54) is 18.2 Å². The number of allylic oxidation sites excluding steroid dienone is 3. The molecule has 1 aliphatic carbocycles. The molecule has 2 N–H and O–H groups in total. The van der Waals surface area contributed by atoms with E-state index in [1.807, 2.05) is 50.2 Å². The first-order chi connectivity index (χ1) is 19.6. The first kappa shape index (κ1) is 28.4. The fourth-order valence-corrected chi connectivity index (χ4v) is 6.16. The fourth-order valence-electron chi connectivity index (χ4n) is 5.56. The number of hydrogen-bond donors (Lipinski definition) is 1. The molecule has 1 unspecified atom stereocenters. The first-order valence-electron chi connectivity index (χ1n) is 13.0. The molecule has 0 spiro atoms. The number of nitro benzene ring substituents is 1. The van der Waals surface area contributed by atoms with Gasteiger partial charge in [0.1, 0.15) is 18.2 Å². The third-order valence-corrected chi connectivity index (χ3v) is 8.52. The molecule has 2 aliphatic rings. The zero-order chi connectivity index (χ0) is 29.4. The number of nitrogens with zero attached hydrogens (tertiary/aromatic N) is 3. The molecule has 0 amide bonds. The van der Waals surface area contributed by atoms with Crippen molar-refractivity contribution in [3.05, 3.63) is 119 Å². The van der Waals surface area contributed by atoms with Crippen molar-refractivity contribution in [2.75, 3.05) is 4.90 Å². The van der Waals surface area contributed by atoms with Gasteiger partial charge in [-0.05, 0) is 83.1 Å². The maximum Gasteiger partial charge on any atom is 0.271 e. The molecule has 0 radical (unpaired) electrons. The Bertz CT molecular complexity index is 1710. The Hall–Kier alpha value is -4.13. The van der Waals surface area contributed by atoms with Crippen LogP contribution in [0.15, 0.2) is 81.7 Å². The number of non-ortho nitro benzene ring substituents is 1. The molecular formula is C31H26BrClN4O4. The van der Waals surface area contributed by atoms with E-state index >= 15 is 0 Å². The molecule has 1 heterocycles. The number of aryl methyl sites for hydroxylation is 2. The minimum atomic E-state index is -0.695. The monoisotopic (exact) mass is 632 g/mol. The average Bonchev–Trinajstić information content (AvgIpc) is 2.93. The third-order valence-electron chi connectivity index (χ3n) is 7.55. The lowest BCUT2D eigenvalue weighted by molar-refractivity contribution is -0.384. The van der Waals surface area contributed by atoms with Crippen LogP contribution in [0.3, 0.4) is 0 Å². The van der Waals surface area contributed by atoms with Gasteiger partial charge in [0.2, 0.25) is 0 Å². The topological polar surface area (TPSA) is 122 Å². The lowest BCUT2D eigenvalue weighted by Gasteiger charge is -2.40. The molecular weight excluding hydrogens is 608 g/mol. The molecule has 41 heavy (non-hydrogen) atoms. The molecule has 3 aromatic carbocycles. The summed E-state index contributed by atoms with van der Waals surface area (Å²) in [7, 11) is 0. The van der Waals surface area contributed by atoms with Crippen molar-refractivity contribution >= 4 is 44.7 Å². The Morgan fingerprint density at radius 1 is 1.17 bits per heavy atom. The highest BCUT2D eigenvalue weighted by molar-refractivity contribution is 9.10. The molecule has 3 aromatic rings. The van der Waals surface area contributed by atoms with Gasteiger partial charge in [-0.2, -0.15) is 5.26 Å². The number of carbonyl (C=O) groups is 1. The van der Waals surface area contributed by atoms with Crippen molar-refractivity contribution in [1.82, 2.24) is 0 Å². The molecule has 1 aliphatic heterocycles.